The molecule has 0 aliphatic heterocycles. The zero-order chi connectivity index (χ0) is 16.2. The third-order valence-electron chi connectivity index (χ3n) is 3.50. The summed E-state index contributed by atoms with van der Waals surface area (Å²) >= 11 is 5.98. The Labute approximate surface area is 139 Å². The standard InChI is InChI=1S/C17H14ClN5/c1-23-9-8-20-17(23)16(13-3-5-14(18)6-4-13)22-15-7-2-12(10-19)11-21-15/h2-9,11,16H,1H3,(H,21,22). The van der Waals surface area contributed by atoms with Crippen molar-refractivity contribution in [3.05, 3.63) is 77.0 Å². The molecule has 0 saturated carbocycles. The number of anilines is 1. The fraction of sp³-hybridized carbons (Fsp3) is 0.118. The molecule has 3 rings (SSSR count). The van der Waals surface area contributed by atoms with Crippen molar-refractivity contribution < 1.29 is 0 Å². The Kier molecular flexibility index (Phi) is 4.26. The number of nitriles is 1. The Morgan fingerprint density at radius 1 is 1.17 bits per heavy atom. The van der Waals surface area contributed by atoms with Crippen molar-refractivity contribution in [1.82, 2.24) is 14.5 Å². The van der Waals surface area contributed by atoms with Crippen LogP contribution in [-0.4, -0.2) is 14.5 Å². The lowest BCUT2D eigenvalue weighted by atomic mass is 10.1. The van der Waals surface area contributed by atoms with Gasteiger partial charge in [0.25, 0.3) is 0 Å². The molecule has 1 atom stereocenters. The van der Waals surface area contributed by atoms with E-state index in [1.54, 1.807) is 24.5 Å². The highest BCUT2D eigenvalue weighted by Gasteiger charge is 2.18. The van der Waals surface area contributed by atoms with Crippen LogP contribution >= 0.6 is 11.6 Å². The Morgan fingerprint density at radius 3 is 2.52 bits per heavy atom. The summed E-state index contributed by atoms with van der Waals surface area (Å²) < 4.78 is 1.95. The van der Waals surface area contributed by atoms with Gasteiger partial charge in [0.05, 0.1) is 5.56 Å². The second-order valence-electron chi connectivity index (χ2n) is 5.07. The predicted octanol–water partition coefficient (Wildman–Crippen LogP) is 3.54. The van der Waals surface area contributed by atoms with E-state index in [2.05, 4.69) is 21.4 Å². The summed E-state index contributed by atoms with van der Waals surface area (Å²) in [5.74, 6) is 1.53. The molecular weight excluding hydrogens is 310 g/mol. The number of hydrogen-bond donors (Lipinski definition) is 1. The lowest BCUT2D eigenvalue weighted by Crippen LogP contribution is -2.17. The Hall–Kier alpha value is -2.84. The first kappa shape index (κ1) is 15.1. The third-order valence-corrected chi connectivity index (χ3v) is 3.76. The molecule has 0 bridgehead atoms. The van der Waals surface area contributed by atoms with E-state index in [1.165, 1.54) is 0 Å². The lowest BCUT2D eigenvalue weighted by Gasteiger charge is -2.19. The van der Waals surface area contributed by atoms with Gasteiger partial charge in [-0.2, -0.15) is 5.26 Å². The molecule has 23 heavy (non-hydrogen) atoms. The molecule has 114 valence electrons. The van der Waals surface area contributed by atoms with Crippen LogP contribution < -0.4 is 5.32 Å². The van der Waals surface area contributed by atoms with Gasteiger partial charge in [-0.15, -0.1) is 0 Å². The molecule has 0 radical (unpaired) electrons. The maximum atomic E-state index is 8.86. The van der Waals surface area contributed by atoms with Gasteiger partial charge in [-0.3, -0.25) is 0 Å². The number of pyridine rings is 1. The molecule has 0 fully saturated rings. The first-order valence-electron chi connectivity index (χ1n) is 7.03. The van der Waals surface area contributed by atoms with Crippen molar-refractivity contribution in [3.63, 3.8) is 0 Å². The van der Waals surface area contributed by atoms with Crippen LogP contribution in [0.4, 0.5) is 5.82 Å². The summed E-state index contributed by atoms with van der Waals surface area (Å²) in [6, 6.07) is 13.0. The van der Waals surface area contributed by atoms with Gasteiger partial charge in [-0.05, 0) is 29.8 Å². The fourth-order valence-electron chi connectivity index (χ4n) is 2.30. The van der Waals surface area contributed by atoms with Gasteiger partial charge < -0.3 is 9.88 Å². The quantitative estimate of drug-likeness (QED) is 0.797. The number of hydrogen-bond acceptors (Lipinski definition) is 4. The Bertz CT molecular complexity index is 831. The van der Waals surface area contributed by atoms with E-state index in [-0.39, 0.29) is 6.04 Å². The molecule has 0 amide bonds. The molecule has 0 spiro atoms. The van der Waals surface area contributed by atoms with Gasteiger partial charge in [0.1, 0.15) is 23.8 Å². The molecule has 1 N–H and O–H groups in total. The van der Waals surface area contributed by atoms with Crippen LogP contribution in [0.5, 0.6) is 0 Å². The summed E-state index contributed by atoms with van der Waals surface area (Å²) in [6.07, 6.45) is 5.19. The first-order chi connectivity index (χ1) is 11.2. The Morgan fingerprint density at radius 2 is 1.96 bits per heavy atom. The molecule has 1 unspecified atom stereocenters. The molecular formula is C17H14ClN5. The predicted molar refractivity (Wildman–Crippen MR) is 89.1 cm³/mol. The molecule has 5 nitrogen and oxygen atoms in total. The normalized spacial score (nSPS) is 11.7. The molecule has 1 aromatic carbocycles. The monoisotopic (exact) mass is 323 g/mol. The minimum absolute atomic E-state index is 0.173. The van der Waals surface area contributed by atoms with Crippen LogP contribution in [0.2, 0.25) is 5.02 Å². The van der Waals surface area contributed by atoms with Crippen LogP contribution in [0.25, 0.3) is 0 Å². The van der Waals surface area contributed by atoms with E-state index in [4.69, 9.17) is 16.9 Å². The summed E-state index contributed by atoms with van der Waals surface area (Å²) in [5.41, 5.74) is 1.55. The van der Waals surface area contributed by atoms with E-state index in [1.807, 2.05) is 42.1 Å². The highest BCUT2D eigenvalue weighted by atomic mass is 35.5. The summed E-state index contributed by atoms with van der Waals surface area (Å²) in [4.78, 5) is 8.71. The van der Waals surface area contributed by atoms with Crippen molar-refractivity contribution in [2.75, 3.05) is 5.32 Å². The Balaban J connectivity index is 1.96. The number of aryl methyl sites for hydroxylation is 1. The van der Waals surface area contributed by atoms with Gasteiger partial charge in [0.15, 0.2) is 0 Å². The zero-order valence-electron chi connectivity index (χ0n) is 12.4. The van der Waals surface area contributed by atoms with E-state index < -0.39 is 0 Å². The molecule has 2 aromatic heterocycles. The maximum Gasteiger partial charge on any atom is 0.135 e. The minimum Gasteiger partial charge on any atom is -0.356 e. The van der Waals surface area contributed by atoms with Gasteiger partial charge in [0, 0.05) is 30.7 Å². The maximum absolute atomic E-state index is 8.86. The molecule has 0 aliphatic carbocycles. The lowest BCUT2D eigenvalue weighted by molar-refractivity contribution is 0.745. The third kappa shape index (κ3) is 3.33. The highest BCUT2D eigenvalue weighted by molar-refractivity contribution is 6.30. The van der Waals surface area contributed by atoms with Crippen molar-refractivity contribution in [2.45, 2.75) is 6.04 Å². The average Bonchev–Trinajstić information content (AvgIpc) is 3.00. The van der Waals surface area contributed by atoms with Gasteiger partial charge >= 0.3 is 0 Å². The number of aromatic nitrogens is 3. The van der Waals surface area contributed by atoms with Crippen molar-refractivity contribution >= 4 is 17.4 Å². The average molecular weight is 324 g/mol. The second kappa shape index (κ2) is 6.51. The number of imidazole rings is 1. The summed E-state index contributed by atoms with van der Waals surface area (Å²) in [5, 5.41) is 12.9. The van der Waals surface area contributed by atoms with Crippen molar-refractivity contribution in [3.8, 4) is 6.07 Å². The van der Waals surface area contributed by atoms with Crippen LogP contribution in [-0.2, 0) is 7.05 Å². The molecule has 3 aromatic rings. The first-order valence-corrected chi connectivity index (χ1v) is 7.40. The summed E-state index contributed by atoms with van der Waals surface area (Å²) in [6.45, 7) is 0. The van der Waals surface area contributed by atoms with Gasteiger partial charge in [-0.1, -0.05) is 23.7 Å². The van der Waals surface area contributed by atoms with Crippen LogP contribution in [0.15, 0.2) is 55.0 Å². The van der Waals surface area contributed by atoms with Crippen LogP contribution in [0.3, 0.4) is 0 Å². The largest absolute Gasteiger partial charge is 0.356 e. The molecule has 6 heteroatoms. The number of benzene rings is 1. The van der Waals surface area contributed by atoms with E-state index in [0.29, 0.717) is 16.4 Å². The fourth-order valence-corrected chi connectivity index (χ4v) is 2.43. The number of nitrogens with one attached hydrogen (secondary N) is 1. The number of nitrogens with zero attached hydrogens (tertiary/aromatic N) is 4. The SMILES string of the molecule is Cn1ccnc1C(Nc1ccc(C#N)cn1)c1ccc(Cl)cc1. The molecule has 2 heterocycles. The van der Waals surface area contributed by atoms with E-state index in [0.717, 1.165) is 11.4 Å². The van der Waals surface area contributed by atoms with Crippen LogP contribution in [0.1, 0.15) is 23.0 Å². The van der Waals surface area contributed by atoms with E-state index in [9.17, 15) is 0 Å². The zero-order valence-corrected chi connectivity index (χ0v) is 13.2. The minimum atomic E-state index is -0.173. The summed E-state index contributed by atoms with van der Waals surface area (Å²) in [7, 11) is 1.94. The highest BCUT2D eigenvalue weighted by Crippen LogP contribution is 2.25. The van der Waals surface area contributed by atoms with Gasteiger partial charge in [-0.25, -0.2) is 9.97 Å². The van der Waals surface area contributed by atoms with Crippen LogP contribution in [0, 0.1) is 11.3 Å². The number of halogens is 1. The smallest absolute Gasteiger partial charge is 0.135 e. The number of rotatable bonds is 4. The molecule has 0 saturated heterocycles. The van der Waals surface area contributed by atoms with Crippen molar-refractivity contribution in [2.24, 2.45) is 7.05 Å². The van der Waals surface area contributed by atoms with Gasteiger partial charge in [0.2, 0.25) is 0 Å². The second-order valence-corrected chi connectivity index (χ2v) is 5.51. The van der Waals surface area contributed by atoms with E-state index >= 15 is 0 Å². The topological polar surface area (TPSA) is 66.5 Å². The molecule has 0 aliphatic rings. The van der Waals surface area contributed by atoms with Crippen molar-refractivity contribution in [1.29, 1.82) is 5.26 Å².